The van der Waals surface area contributed by atoms with Gasteiger partial charge in [0.25, 0.3) is 0 Å². The molecule has 1 fully saturated rings. The molecule has 1 unspecified atom stereocenters. The van der Waals surface area contributed by atoms with Crippen molar-refractivity contribution >= 4 is 33.7 Å². The number of Topliss-reactive ketones (excluding diaryl/α,β-unsaturated/α-hetero) is 1. The summed E-state index contributed by atoms with van der Waals surface area (Å²) in [6.45, 7) is 6.26. The second-order valence-electron chi connectivity index (χ2n) is 9.70. The van der Waals surface area contributed by atoms with Crippen molar-refractivity contribution in [3.8, 4) is 0 Å². The largest absolute Gasteiger partial charge is 0.386 e. The van der Waals surface area contributed by atoms with E-state index in [0.717, 1.165) is 12.8 Å². The van der Waals surface area contributed by atoms with E-state index in [0.29, 0.717) is 40.1 Å². The van der Waals surface area contributed by atoms with E-state index in [9.17, 15) is 9.35 Å². The van der Waals surface area contributed by atoms with Crippen LogP contribution in [0.3, 0.4) is 0 Å². The maximum atomic E-state index is 15.1. The van der Waals surface area contributed by atoms with E-state index in [4.69, 9.17) is 17.3 Å². The molecule has 33 heavy (non-hydrogen) atoms. The molecule has 4 rings (SSSR count). The number of benzene rings is 1. The molecule has 2 heterocycles. The number of halogens is 2. The van der Waals surface area contributed by atoms with Crippen LogP contribution in [0.15, 0.2) is 41.5 Å². The Morgan fingerprint density at radius 1 is 1.30 bits per heavy atom. The van der Waals surface area contributed by atoms with Crippen LogP contribution in [-0.4, -0.2) is 38.2 Å². The fourth-order valence-electron chi connectivity index (χ4n) is 4.05. The molecule has 1 aliphatic carbocycles. The highest BCUT2D eigenvalue weighted by Gasteiger charge is 2.52. The molecule has 0 saturated heterocycles. The molecule has 4 N–H and O–H groups in total. The number of carbonyl (C=O) groups excluding carboxylic acids is 1. The highest BCUT2D eigenvalue weighted by molar-refractivity contribution is 8.29. The molecule has 9 heteroatoms. The fraction of sp³-hybridized carbons (Fsp3) is 0.458. The zero-order chi connectivity index (χ0) is 24.0. The molecule has 0 bridgehead atoms. The lowest BCUT2D eigenvalue weighted by Crippen LogP contribution is -2.56. The zero-order valence-electron chi connectivity index (χ0n) is 19.1. The molecule has 2 aromatic rings. The van der Waals surface area contributed by atoms with Crippen LogP contribution in [0.25, 0.3) is 0 Å². The second kappa shape index (κ2) is 8.65. The van der Waals surface area contributed by atoms with E-state index in [2.05, 4.69) is 14.7 Å². The second-order valence-corrected chi connectivity index (χ2v) is 13.1. The van der Waals surface area contributed by atoms with Crippen LogP contribution < -0.4 is 10.5 Å². The maximum Gasteiger partial charge on any atom is 0.185 e. The number of carbonyl (C=O) groups is 1. The van der Waals surface area contributed by atoms with Crippen molar-refractivity contribution in [3.05, 3.63) is 64.2 Å². The third-order valence-electron chi connectivity index (χ3n) is 6.61. The number of pyridine rings is 1. The Morgan fingerprint density at radius 2 is 2.03 bits per heavy atom. The van der Waals surface area contributed by atoms with Crippen LogP contribution in [0.4, 0.5) is 4.39 Å². The number of hydrogen-bond acceptors (Lipinski definition) is 6. The number of ketones is 1. The lowest BCUT2D eigenvalue weighted by molar-refractivity contribution is 0.0988. The summed E-state index contributed by atoms with van der Waals surface area (Å²) < 4.78 is 29.5. The third-order valence-corrected chi connectivity index (χ3v) is 10.4. The molecule has 0 amide bonds. The number of nitrogens with two attached hydrogens (primary N) is 1. The predicted molar refractivity (Wildman–Crippen MR) is 133 cm³/mol. The van der Waals surface area contributed by atoms with Gasteiger partial charge in [-0.3, -0.25) is 19.5 Å². The van der Waals surface area contributed by atoms with Crippen molar-refractivity contribution < 1.29 is 13.7 Å². The first-order chi connectivity index (χ1) is 15.4. The van der Waals surface area contributed by atoms with E-state index < -0.39 is 26.6 Å². The first-order valence-electron chi connectivity index (χ1n) is 11.0. The molecule has 1 saturated carbocycles. The Balaban J connectivity index is 1.64. The number of amidine groups is 1. The SMILES string of the molecule is CC1(C)C(N)=N[C@](C)(c2cc(CC(=O)c3ccc(Cl)cn3)ccc2F)CS1(O)NCC1CC1. The monoisotopic (exact) mass is 492 g/mol. The minimum atomic E-state index is -2.44. The number of aliphatic imine (C=N–C) groups is 1. The van der Waals surface area contributed by atoms with Gasteiger partial charge < -0.3 is 10.3 Å². The van der Waals surface area contributed by atoms with Crippen molar-refractivity contribution in [2.45, 2.75) is 50.3 Å². The zero-order valence-corrected chi connectivity index (χ0v) is 20.6. The lowest BCUT2D eigenvalue weighted by atomic mass is 9.90. The Hall–Kier alpha value is -2.00. The van der Waals surface area contributed by atoms with Crippen molar-refractivity contribution in [2.24, 2.45) is 16.6 Å². The van der Waals surface area contributed by atoms with Crippen LogP contribution >= 0.6 is 22.1 Å². The predicted octanol–water partition coefficient (Wildman–Crippen LogP) is 4.86. The van der Waals surface area contributed by atoms with Crippen LogP contribution in [-0.2, 0) is 12.0 Å². The number of rotatable bonds is 7. The van der Waals surface area contributed by atoms with Gasteiger partial charge in [-0.25, -0.2) is 4.39 Å². The van der Waals surface area contributed by atoms with E-state index >= 15 is 4.39 Å². The Bertz CT molecular complexity index is 1110. The minimum absolute atomic E-state index is 0.0553. The van der Waals surface area contributed by atoms with Crippen molar-refractivity contribution in [1.82, 2.24) is 9.71 Å². The Morgan fingerprint density at radius 3 is 2.67 bits per heavy atom. The Labute approximate surface area is 200 Å². The number of aromatic nitrogens is 1. The summed E-state index contributed by atoms with van der Waals surface area (Å²) in [5.74, 6) is 0.446. The molecule has 2 atom stereocenters. The molecule has 2 aliphatic rings. The topological polar surface area (TPSA) is 101 Å². The molecule has 1 aliphatic heterocycles. The summed E-state index contributed by atoms with van der Waals surface area (Å²) in [6.07, 6.45) is 3.78. The standard InChI is InChI=1S/C24H30ClFN4O2S/c1-23(2)22(27)30-24(3,14-33(23,32)29-12-15-4-5-15)18-10-16(6-8-19(18)26)11-21(31)20-9-7-17(25)13-28-20/h6-10,13,15,29,32H,4-5,11-12,14H2,1-3H3,(H2,27,30)/t24-/m0/s1. The smallest absolute Gasteiger partial charge is 0.185 e. The van der Waals surface area contributed by atoms with Crippen molar-refractivity contribution in [2.75, 3.05) is 12.3 Å². The number of hydrogen-bond donors (Lipinski definition) is 3. The number of nitrogens with zero attached hydrogens (tertiary/aromatic N) is 2. The van der Waals surface area contributed by atoms with Crippen LogP contribution in [0.2, 0.25) is 5.02 Å². The van der Waals surface area contributed by atoms with Crippen molar-refractivity contribution in [3.63, 3.8) is 0 Å². The van der Waals surface area contributed by atoms with Gasteiger partial charge >= 0.3 is 0 Å². The lowest BCUT2D eigenvalue weighted by Gasteiger charge is -2.54. The molecule has 6 nitrogen and oxygen atoms in total. The summed E-state index contributed by atoms with van der Waals surface area (Å²) in [4.78, 5) is 21.4. The molecule has 1 aromatic heterocycles. The highest BCUT2D eigenvalue weighted by Crippen LogP contribution is 2.59. The molecule has 178 valence electrons. The highest BCUT2D eigenvalue weighted by atomic mass is 35.5. The van der Waals surface area contributed by atoms with Crippen LogP contribution in [0, 0.1) is 11.7 Å². The first-order valence-corrected chi connectivity index (χ1v) is 13.1. The number of nitrogens with one attached hydrogen (secondary N) is 1. The van der Waals surface area contributed by atoms with E-state index in [1.165, 1.54) is 12.3 Å². The molecule has 1 aromatic carbocycles. The van der Waals surface area contributed by atoms with E-state index in [1.54, 1.807) is 31.2 Å². The summed E-state index contributed by atoms with van der Waals surface area (Å²) in [5.41, 5.74) is 6.53. The third kappa shape index (κ3) is 4.80. The van der Waals surface area contributed by atoms with Gasteiger partial charge in [0.15, 0.2) is 5.78 Å². The van der Waals surface area contributed by atoms with E-state index in [-0.39, 0.29) is 18.0 Å². The molecular formula is C24H30ClFN4O2S. The fourth-order valence-corrected chi connectivity index (χ4v) is 6.92. The van der Waals surface area contributed by atoms with Gasteiger partial charge in [-0.1, -0.05) is 28.2 Å². The van der Waals surface area contributed by atoms with Crippen molar-refractivity contribution in [1.29, 1.82) is 0 Å². The minimum Gasteiger partial charge on any atom is -0.386 e. The van der Waals surface area contributed by atoms with Gasteiger partial charge in [0.2, 0.25) is 0 Å². The average molecular weight is 493 g/mol. The summed E-state index contributed by atoms with van der Waals surface area (Å²) in [7, 11) is -2.44. The molecule has 0 radical (unpaired) electrons. The van der Waals surface area contributed by atoms with Gasteiger partial charge in [-0.2, -0.15) is 0 Å². The van der Waals surface area contributed by atoms with Gasteiger partial charge in [0.05, 0.1) is 15.3 Å². The van der Waals surface area contributed by atoms with Gasteiger partial charge in [0.1, 0.15) is 17.3 Å². The summed E-state index contributed by atoms with van der Waals surface area (Å²) >= 11 is 5.85. The quantitative estimate of drug-likeness (QED) is 0.479. The first kappa shape index (κ1) is 24.1. The average Bonchev–Trinajstić information content (AvgIpc) is 3.57. The Kier molecular flexibility index (Phi) is 6.33. The van der Waals surface area contributed by atoms with Crippen LogP contribution in [0.5, 0.6) is 0 Å². The van der Waals surface area contributed by atoms with Gasteiger partial charge in [0, 0.05) is 30.5 Å². The molecule has 0 spiro atoms. The van der Waals surface area contributed by atoms with E-state index in [1.807, 2.05) is 13.8 Å². The van der Waals surface area contributed by atoms with Gasteiger partial charge in [-0.15, -0.1) is 0 Å². The van der Waals surface area contributed by atoms with Gasteiger partial charge in [-0.05, 0) is 69.4 Å². The normalized spacial score (nSPS) is 28.6. The maximum absolute atomic E-state index is 15.1. The summed E-state index contributed by atoms with van der Waals surface area (Å²) in [6, 6.07) is 7.76. The molecular weight excluding hydrogens is 463 g/mol. The van der Waals surface area contributed by atoms with Crippen LogP contribution in [0.1, 0.15) is 55.2 Å². The summed E-state index contributed by atoms with van der Waals surface area (Å²) in [5, 5.41) is 0.449.